The van der Waals surface area contributed by atoms with Gasteiger partial charge in [-0.25, -0.2) is 17.6 Å². The summed E-state index contributed by atoms with van der Waals surface area (Å²) in [6.07, 6.45) is 13.7. The second-order valence-electron chi connectivity index (χ2n) is 9.66. The maximum atomic E-state index is 12.0. The molecule has 0 aliphatic carbocycles. The largest absolute Gasteiger partial charge is 0.747 e. The van der Waals surface area contributed by atoms with Crippen molar-refractivity contribution in [1.82, 2.24) is 4.57 Å². The summed E-state index contributed by atoms with van der Waals surface area (Å²) in [5.41, 5.74) is 0. The Morgan fingerprint density at radius 1 is 0.944 bits per heavy atom. The topological polar surface area (TPSA) is 119 Å². The molecule has 9 nitrogen and oxygen atoms in total. The summed E-state index contributed by atoms with van der Waals surface area (Å²) in [7, 11) is -2.96. The number of aryl methyl sites for hydroxylation is 2. The normalized spacial score (nSPS) is 13.8. The molecule has 0 fully saturated rings. The van der Waals surface area contributed by atoms with Crippen molar-refractivity contribution < 1.29 is 36.6 Å². The Hall–Kier alpha value is -1.94. The molecule has 36 heavy (non-hydrogen) atoms. The summed E-state index contributed by atoms with van der Waals surface area (Å²) < 4.78 is 48.2. The number of hydrogen-bond donors (Lipinski definition) is 0. The molecule has 0 radical (unpaired) electrons. The monoisotopic (exact) mass is 532 g/mol. The number of nitrogens with zero attached hydrogens (tertiary/aromatic N) is 2. The van der Waals surface area contributed by atoms with Gasteiger partial charge in [-0.3, -0.25) is 9.59 Å². The number of carbonyl (C=O) groups excluding carboxylic acids is 2. The highest BCUT2D eigenvalue weighted by Crippen LogP contribution is 2.14. The van der Waals surface area contributed by atoms with E-state index in [9.17, 15) is 22.6 Å². The molecule has 0 aromatic carbocycles. The third kappa shape index (κ3) is 16.7. The first kappa shape index (κ1) is 34.1. The standard InChI is InChI=1S/C18H34O7S.C8H15N2/c1-5-7-9-14(3)12-24-17(19)11-16(26(21,22)23)18(20)25-13-15(4)10-8-6-2;1-3-4-5-10-7-6-9(2)8-10/h14-16H,5-13H2,1-4H3,(H,21,22,23);6-8H,3-5H2,1-2H3/q;+1/p-1. The van der Waals surface area contributed by atoms with E-state index in [1.165, 1.54) is 12.8 Å². The first-order chi connectivity index (χ1) is 16.9. The minimum Gasteiger partial charge on any atom is -0.747 e. The van der Waals surface area contributed by atoms with Crippen LogP contribution in [0.5, 0.6) is 0 Å². The van der Waals surface area contributed by atoms with E-state index in [0.29, 0.717) is 0 Å². The van der Waals surface area contributed by atoms with Gasteiger partial charge in [-0.1, -0.05) is 66.7 Å². The summed E-state index contributed by atoms with van der Waals surface area (Å²) in [6, 6.07) is 0. The third-order valence-corrected chi connectivity index (χ3v) is 6.75. The molecular formula is C26H48N2O7S. The predicted octanol–water partition coefficient (Wildman–Crippen LogP) is 4.14. The summed E-state index contributed by atoms with van der Waals surface area (Å²) in [4.78, 5) is 23.8. The summed E-state index contributed by atoms with van der Waals surface area (Å²) in [5, 5.41) is -2.06. The van der Waals surface area contributed by atoms with Crippen molar-refractivity contribution in [3.8, 4) is 0 Å². The van der Waals surface area contributed by atoms with Crippen molar-refractivity contribution in [2.75, 3.05) is 13.2 Å². The van der Waals surface area contributed by atoms with Gasteiger partial charge in [-0.15, -0.1) is 0 Å². The van der Waals surface area contributed by atoms with E-state index in [1.54, 1.807) is 0 Å². The van der Waals surface area contributed by atoms with Crippen LogP contribution in [0.1, 0.15) is 92.4 Å². The molecule has 3 unspecified atom stereocenters. The van der Waals surface area contributed by atoms with Crippen LogP contribution >= 0.6 is 0 Å². The predicted molar refractivity (Wildman–Crippen MR) is 138 cm³/mol. The van der Waals surface area contributed by atoms with E-state index in [0.717, 1.165) is 45.1 Å². The van der Waals surface area contributed by atoms with E-state index in [2.05, 4.69) is 41.7 Å². The van der Waals surface area contributed by atoms with Gasteiger partial charge in [0.25, 0.3) is 0 Å². The molecule has 0 spiro atoms. The molecule has 3 atom stereocenters. The van der Waals surface area contributed by atoms with Gasteiger partial charge in [-0.2, -0.15) is 0 Å². The second-order valence-corrected chi connectivity index (χ2v) is 11.2. The van der Waals surface area contributed by atoms with Crippen molar-refractivity contribution >= 4 is 22.1 Å². The molecule has 1 rings (SSSR count). The molecule has 0 N–H and O–H groups in total. The van der Waals surface area contributed by atoms with Crippen LogP contribution in [0.3, 0.4) is 0 Å². The highest BCUT2D eigenvalue weighted by molar-refractivity contribution is 7.87. The van der Waals surface area contributed by atoms with Crippen LogP contribution in [0.4, 0.5) is 0 Å². The molecule has 0 saturated carbocycles. The number of esters is 2. The Morgan fingerprint density at radius 3 is 1.92 bits per heavy atom. The fourth-order valence-electron chi connectivity index (χ4n) is 3.31. The van der Waals surface area contributed by atoms with Crippen LogP contribution in [0, 0.1) is 11.8 Å². The van der Waals surface area contributed by atoms with Gasteiger partial charge in [0.15, 0.2) is 5.25 Å². The zero-order valence-electron chi connectivity index (χ0n) is 23.1. The summed E-state index contributed by atoms with van der Waals surface area (Å²) >= 11 is 0. The molecule has 0 aliphatic heterocycles. The van der Waals surface area contributed by atoms with Gasteiger partial charge in [0.2, 0.25) is 6.33 Å². The second kappa shape index (κ2) is 19.2. The van der Waals surface area contributed by atoms with Gasteiger partial charge < -0.3 is 14.0 Å². The lowest BCUT2D eigenvalue weighted by atomic mass is 10.1. The Balaban J connectivity index is 0.00000101. The number of rotatable bonds is 17. The van der Waals surface area contributed by atoms with Gasteiger partial charge >= 0.3 is 11.9 Å². The summed E-state index contributed by atoms with van der Waals surface area (Å²) in [5.74, 6) is -1.87. The number of hydrogen-bond acceptors (Lipinski definition) is 7. The molecule has 0 bridgehead atoms. The van der Waals surface area contributed by atoms with E-state index < -0.39 is 33.7 Å². The maximum Gasteiger partial charge on any atom is 0.323 e. The SMILES string of the molecule is CCCCC(C)COC(=O)CC(C(=O)OCC(C)CCCC)S(=O)(=O)[O-].CCCCn1cc[n+](C)c1. The van der Waals surface area contributed by atoms with Crippen molar-refractivity contribution in [2.24, 2.45) is 18.9 Å². The van der Waals surface area contributed by atoms with E-state index >= 15 is 0 Å². The zero-order valence-corrected chi connectivity index (χ0v) is 23.9. The first-order valence-corrected chi connectivity index (χ1v) is 14.7. The van der Waals surface area contributed by atoms with Crippen LogP contribution in [-0.2, 0) is 42.8 Å². The molecule has 210 valence electrons. The summed E-state index contributed by atoms with van der Waals surface area (Å²) in [6.45, 7) is 11.4. The molecule has 1 heterocycles. The Kier molecular flexibility index (Phi) is 18.2. The van der Waals surface area contributed by atoms with Gasteiger partial charge in [-0.05, 0) is 31.1 Å². The van der Waals surface area contributed by atoms with Crippen molar-refractivity contribution in [2.45, 2.75) is 104 Å². The lowest BCUT2D eigenvalue weighted by Gasteiger charge is -2.20. The molecule has 1 aromatic rings. The van der Waals surface area contributed by atoms with Crippen molar-refractivity contribution in [3.63, 3.8) is 0 Å². The van der Waals surface area contributed by atoms with Gasteiger partial charge in [0.05, 0.1) is 33.2 Å². The lowest BCUT2D eigenvalue weighted by Crippen LogP contribution is -2.35. The molecule has 1 aromatic heterocycles. The van der Waals surface area contributed by atoms with E-state index in [-0.39, 0.29) is 25.0 Å². The van der Waals surface area contributed by atoms with Gasteiger partial charge in [0.1, 0.15) is 22.5 Å². The average Bonchev–Trinajstić information content (AvgIpc) is 3.25. The molecule has 0 saturated heterocycles. The number of unbranched alkanes of at least 4 members (excludes halogenated alkanes) is 3. The Morgan fingerprint density at radius 2 is 1.47 bits per heavy atom. The Bertz CT molecular complexity index is 839. The van der Waals surface area contributed by atoms with Crippen molar-refractivity contribution in [1.29, 1.82) is 0 Å². The number of ether oxygens (including phenoxy) is 2. The number of imidazole rings is 1. The number of carbonyl (C=O) groups is 2. The minimum absolute atomic E-state index is 0.0218. The minimum atomic E-state index is -5.00. The zero-order chi connectivity index (χ0) is 27.6. The van der Waals surface area contributed by atoms with Crippen molar-refractivity contribution in [3.05, 3.63) is 18.7 Å². The van der Waals surface area contributed by atoms with E-state index in [1.807, 2.05) is 27.8 Å². The lowest BCUT2D eigenvalue weighted by molar-refractivity contribution is -0.671. The van der Waals surface area contributed by atoms with Gasteiger partial charge in [0, 0.05) is 0 Å². The third-order valence-electron chi connectivity index (χ3n) is 5.70. The fraction of sp³-hybridized carbons (Fsp3) is 0.808. The quantitative estimate of drug-likeness (QED) is 0.168. The van der Waals surface area contributed by atoms with Crippen LogP contribution in [0.25, 0.3) is 0 Å². The molecule has 0 amide bonds. The molecule has 0 aliphatic rings. The smallest absolute Gasteiger partial charge is 0.323 e. The van der Waals surface area contributed by atoms with Crippen LogP contribution < -0.4 is 4.57 Å². The molecular weight excluding hydrogens is 484 g/mol. The Labute approximate surface area is 218 Å². The molecule has 10 heteroatoms. The van der Waals surface area contributed by atoms with Crippen LogP contribution in [0.15, 0.2) is 18.7 Å². The fourth-order valence-corrected chi connectivity index (χ4v) is 3.96. The maximum absolute atomic E-state index is 12.0. The highest BCUT2D eigenvalue weighted by Gasteiger charge is 2.31. The highest BCUT2D eigenvalue weighted by atomic mass is 32.2. The first-order valence-electron chi connectivity index (χ1n) is 13.2. The average molecular weight is 533 g/mol. The van der Waals surface area contributed by atoms with Crippen LogP contribution in [-0.4, -0.2) is 47.9 Å². The van der Waals surface area contributed by atoms with Crippen LogP contribution in [0.2, 0.25) is 0 Å². The number of aromatic nitrogens is 2. The van der Waals surface area contributed by atoms with E-state index in [4.69, 9.17) is 9.47 Å².